The van der Waals surface area contributed by atoms with Gasteiger partial charge >= 0.3 is 11.9 Å². The molecule has 1 fully saturated rings. The van der Waals surface area contributed by atoms with Crippen molar-refractivity contribution in [1.29, 1.82) is 0 Å². The number of amides is 1. The van der Waals surface area contributed by atoms with Gasteiger partial charge in [-0.25, -0.2) is 4.79 Å². The molecule has 0 atom stereocenters. The Kier molecular flexibility index (Phi) is 3.08. The summed E-state index contributed by atoms with van der Waals surface area (Å²) in [6.45, 7) is 0.605. The van der Waals surface area contributed by atoms with Gasteiger partial charge in [0.15, 0.2) is 0 Å². The minimum atomic E-state index is -0.811. The van der Waals surface area contributed by atoms with Crippen LogP contribution in [-0.4, -0.2) is 25.5 Å². The highest BCUT2D eigenvalue weighted by Gasteiger charge is 2.20. The summed E-state index contributed by atoms with van der Waals surface area (Å²) in [5.41, 5.74) is 0. The van der Waals surface area contributed by atoms with E-state index in [1.54, 1.807) is 0 Å². The normalized spacial score (nSPS) is 16.4. The molecular weight excluding hydrogens is 158 g/mol. The summed E-state index contributed by atoms with van der Waals surface area (Å²) in [5.74, 6) is -0.877. The number of carbonyl (C=O) groups is 2. The van der Waals surface area contributed by atoms with Gasteiger partial charge in [0.05, 0.1) is 7.11 Å². The monoisotopic (exact) mass is 171 g/mol. The van der Waals surface area contributed by atoms with E-state index in [2.05, 4.69) is 10.1 Å². The first-order valence-corrected chi connectivity index (χ1v) is 4.10. The van der Waals surface area contributed by atoms with E-state index in [-0.39, 0.29) is 0 Å². The molecule has 0 bridgehead atoms. The van der Waals surface area contributed by atoms with Crippen LogP contribution in [0.5, 0.6) is 0 Å². The van der Waals surface area contributed by atoms with Crippen molar-refractivity contribution in [3.63, 3.8) is 0 Å². The van der Waals surface area contributed by atoms with Crippen molar-refractivity contribution in [2.24, 2.45) is 5.92 Å². The molecule has 0 aliphatic heterocycles. The maximum absolute atomic E-state index is 10.8. The van der Waals surface area contributed by atoms with Crippen LogP contribution >= 0.6 is 0 Å². The standard InChI is InChI=1S/C8H13NO3/c1-12-8(11)7(10)9-5-6-3-2-4-6/h6H,2-5H2,1H3,(H,9,10). The molecule has 0 spiro atoms. The molecule has 1 saturated carbocycles. The van der Waals surface area contributed by atoms with Crippen LogP contribution in [0.1, 0.15) is 19.3 Å². The van der Waals surface area contributed by atoms with Gasteiger partial charge in [-0.05, 0) is 18.8 Å². The summed E-state index contributed by atoms with van der Waals surface area (Å²) in [7, 11) is 1.20. The zero-order chi connectivity index (χ0) is 8.97. The molecule has 68 valence electrons. The lowest BCUT2D eigenvalue weighted by atomic mass is 9.85. The van der Waals surface area contributed by atoms with Crippen LogP contribution in [-0.2, 0) is 14.3 Å². The van der Waals surface area contributed by atoms with Crippen LogP contribution in [0.2, 0.25) is 0 Å². The van der Waals surface area contributed by atoms with Crippen molar-refractivity contribution < 1.29 is 14.3 Å². The molecule has 1 amide bonds. The molecular formula is C8H13NO3. The lowest BCUT2D eigenvalue weighted by molar-refractivity contribution is -0.152. The van der Waals surface area contributed by atoms with Crippen LogP contribution in [0.3, 0.4) is 0 Å². The van der Waals surface area contributed by atoms with Gasteiger partial charge in [0.1, 0.15) is 0 Å². The number of carbonyl (C=O) groups excluding carboxylic acids is 2. The Hall–Kier alpha value is -1.06. The van der Waals surface area contributed by atoms with Gasteiger partial charge in [0.2, 0.25) is 0 Å². The van der Waals surface area contributed by atoms with E-state index in [0.717, 1.165) is 12.8 Å². The zero-order valence-corrected chi connectivity index (χ0v) is 7.13. The number of rotatable bonds is 2. The lowest BCUT2D eigenvalue weighted by Crippen LogP contribution is -2.37. The maximum atomic E-state index is 10.8. The number of ether oxygens (including phenoxy) is 1. The number of methoxy groups -OCH3 is 1. The minimum Gasteiger partial charge on any atom is -0.462 e. The van der Waals surface area contributed by atoms with Crippen molar-refractivity contribution in [3.8, 4) is 0 Å². The number of hydrogen-bond acceptors (Lipinski definition) is 3. The second-order valence-corrected chi connectivity index (χ2v) is 3.00. The first kappa shape index (κ1) is 9.03. The molecule has 0 heterocycles. The Morgan fingerprint density at radius 3 is 2.58 bits per heavy atom. The van der Waals surface area contributed by atoms with Crippen LogP contribution < -0.4 is 5.32 Å². The van der Waals surface area contributed by atoms with Crippen LogP contribution in [0.25, 0.3) is 0 Å². The molecule has 0 radical (unpaired) electrons. The van der Waals surface area contributed by atoms with E-state index < -0.39 is 11.9 Å². The lowest BCUT2D eigenvalue weighted by Gasteiger charge is -2.24. The van der Waals surface area contributed by atoms with Gasteiger partial charge in [0, 0.05) is 6.54 Å². The second kappa shape index (κ2) is 4.09. The minimum absolute atomic E-state index is 0.568. The van der Waals surface area contributed by atoms with Gasteiger partial charge in [-0.15, -0.1) is 0 Å². The number of nitrogens with one attached hydrogen (secondary N) is 1. The number of hydrogen-bond donors (Lipinski definition) is 1. The first-order chi connectivity index (χ1) is 5.74. The summed E-state index contributed by atoms with van der Waals surface area (Å²) >= 11 is 0. The summed E-state index contributed by atoms with van der Waals surface area (Å²) in [4.78, 5) is 21.4. The van der Waals surface area contributed by atoms with Gasteiger partial charge in [0.25, 0.3) is 0 Å². The molecule has 0 aromatic rings. The van der Waals surface area contributed by atoms with Crippen LogP contribution in [0.15, 0.2) is 0 Å². The molecule has 0 aromatic carbocycles. The molecule has 4 heteroatoms. The molecule has 12 heavy (non-hydrogen) atoms. The Bertz CT molecular complexity index is 187. The third-order valence-corrected chi connectivity index (χ3v) is 2.15. The third kappa shape index (κ3) is 2.22. The van der Waals surface area contributed by atoms with Crippen LogP contribution in [0, 0.1) is 5.92 Å². The van der Waals surface area contributed by atoms with Crippen LogP contribution in [0.4, 0.5) is 0 Å². The fourth-order valence-electron chi connectivity index (χ4n) is 1.10. The highest BCUT2D eigenvalue weighted by Crippen LogP contribution is 2.24. The average Bonchev–Trinajstić information content (AvgIpc) is 2.00. The maximum Gasteiger partial charge on any atom is 0.396 e. The quantitative estimate of drug-likeness (QED) is 0.472. The topological polar surface area (TPSA) is 55.4 Å². The smallest absolute Gasteiger partial charge is 0.396 e. The number of esters is 1. The summed E-state index contributed by atoms with van der Waals surface area (Å²) in [5, 5.41) is 2.52. The van der Waals surface area contributed by atoms with Gasteiger partial charge in [-0.3, -0.25) is 4.79 Å². The first-order valence-electron chi connectivity index (χ1n) is 4.10. The van der Waals surface area contributed by atoms with Crippen molar-refractivity contribution in [1.82, 2.24) is 5.32 Å². The molecule has 1 rings (SSSR count). The Labute approximate surface area is 71.3 Å². The molecule has 1 N–H and O–H groups in total. The highest BCUT2D eigenvalue weighted by molar-refractivity contribution is 6.32. The van der Waals surface area contributed by atoms with Gasteiger partial charge < -0.3 is 10.1 Å². The van der Waals surface area contributed by atoms with E-state index in [4.69, 9.17) is 0 Å². The van der Waals surface area contributed by atoms with Crippen molar-refractivity contribution >= 4 is 11.9 Å². The fraction of sp³-hybridized carbons (Fsp3) is 0.750. The van der Waals surface area contributed by atoms with E-state index in [1.165, 1.54) is 13.5 Å². The largest absolute Gasteiger partial charge is 0.462 e. The molecule has 4 nitrogen and oxygen atoms in total. The van der Waals surface area contributed by atoms with E-state index >= 15 is 0 Å². The van der Waals surface area contributed by atoms with Gasteiger partial charge in [-0.2, -0.15) is 0 Å². The van der Waals surface area contributed by atoms with E-state index in [0.29, 0.717) is 12.5 Å². The molecule has 1 aliphatic carbocycles. The Morgan fingerprint density at radius 2 is 2.17 bits per heavy atom. The van der Waals surface area contributed by atoms with E-state index in [9.17, 15) is 9.59 Å². The predicted octanol–water partition coefficient (Wildman–Crippen LogP) is 0.0757. The van der Waals surface area contributed by atoms with Crippen molar-refractivity contribution in [3.05, 3.63) is 0 Å². The Morgan fingerprint density at radius 1 is 1.50 bits per heavy atom. The van der Waals surface area contributed by atoms with Crippen molar-refractivity contribution in [2.75, 3.05) is 13.7 Å². The highest BCUT2D eigenvalue weighted by atomic mass is 16.5. The van der Waals surface area contributed by atoms with E-state index in [1.807, 2.05) is 0 Å². The molecule has 0 aromatic heterocycles. The van der Waals surface area contributed by atoms with Crippen molar-refractivity contribution in [2.45, 2.75) is 19.3 Å². The summed E-state index contributed by atoms with van der Waals surface area (Å²) < 4.78 is 4.24. The Balaban J connectivity index is 2.13. The second-order valence-electron chi connectivity index (χ2n) is 3.00. The molecule has 0 saturated heterocycles. The molecule has 1 aliphatic rings. The third-order valence-electron chi connectivity index (χ3n) is 2.15. The zero-order valence-electron chi connectivity index (χ0n) is 7.13. The predicted molar refractivity (Wildman–Crippen MR) is 42.4 cm³/mol. The average molecular weight is 171 g/mol. The van der Waals surface area contributed by atoms with Gasteiger partial charge in [-0.1, -0.05) is 6.42 Å². The SMILES string of the molecule is COC(=O)C(=O)NCC1CCC1. The fourth-order valence-corrected chi connectivity index (χ4v) is 1.10. The summed E-state index contributed by atoms with van der Waals surface area (Å²) in [6.07, 6.45) is 3.54. The summed E-state index contributed by atoms with van der Waals surface area (Å²) in [6, 6.07) is 0. The molecule has 0 unspecified atom stereocenters.